The average molecular weight is 367 g/mol. The SMILES string of the molecule is O=C(Nc1ccn(Cc2ccc(Cl)cc2Cl)n1)NC1CCCCC1. The molecule has 2 aromatic rings. The molecule has 0 unspecified atom stereocenters. The third-order valence-electron chi connectivity index (χ3n) is 4.17. The predicted molar refractivity (Wildman–Crippen MR) is 96.8 cm³/mol. The van der Waals surface area contributed by atoms with Gasteiger partial charge in [-0.3, -0.25) is 10.00 Å². The minimum atomic E-state index is -0.198. The van der Waals surface area contributed by atoms with E-state index in [9.17, 15) is 4.79 Å². The van der Waals surface area contributed by atoms with Crippen molar-refractivity contribution in [3.8, 4) is 0 Å². The molecule has 128 valence electrons. The van der Waals surface area contributed by atoms with Gasteiger partial charge in [-0.2, -0.15) is 5.10 Å². The van der Waals surface area contributed by atoms with Crippen LogP contribution in [0.2, 0.25) is 10.0 Å². The summed E-state index contributed by atoms with van der Waals surface area (Å²) < 4.78 is 1.73. The van der Waals surface area contributed by atoms with Crippen LogP contribution in [-0.4, -0.2) is 21.9 Å². The molecule has 1 aromatic heterocycles. The summed E-state index contributed by atoms with van der Waals surface area (Å²) in [5.41, 5.74) is 0.919. The van der Waals surface area contributed by atoms with Crippen molar-refractivity contribution in [1.82, 2.24) is 15.1 Å². The summed E-state index contributed by atoms with van der Waals surface area (Å²) in [4.78, 5) is 12.0. The molecule has 1 aromatic carbocycles. The summed E-state index contributed by atoms with van der Waals surface area (Å²) in [6, 6.07) is 7.21. The number of nitrogens with one attached hydrogen (secondary N) is 2. The quantitative estimate of drug-likeness (QED) is 0.824. The van der Waals surface area contributed by atoms with Crippen LogP contribution in [0.1, 0.15) is 37.7 Å². The number of hydrogen-bond acceptors (Lipinski definition) is 2. The molecule has 1 fully saturated rings. The zero-order valence-electron chi connectivity index (χ0n) is 13.3. The molecule has 2 N–H and O–H groups in total. The third-order valence-corrected chi connectivity index (χ3v) is 4.76. The number of amides is 2. The highest BCUT2D eigenvalue weighted by Crippen LogP contribution is 2.22. The summed E-state index contributed by atoms with van der Waals surface area (Å²) in [5.74, 6) is 0.522. The van der Waals surface area contributed by atoms with Crippen LogP contribution in [0.4, 0.5) is 10.6 Å². The van der Waals surface area contributed by atoms with E-state index in [0.29, 0.717) is 22.4 Å². The van der Waals surface area contributed by atoms with Gasteiger partial charge in [-0.1, -0.05) is 48.5 Å². The molecular weight excluding hydrogens is 347 g/mol. The maximum absolute atomic E-state index is 12.0. The van der Waals surface area contributed by atoms with Gasteiger partial charge < -0.3 is 5.32 Å². The Morgan fingerprint density at radius 3 is 2.75 bits per heavy atom. The van der Waals surface area contributed by atoms with Gasteiger partial charge in [0.05, 0.1) is 6.54 Å². The summed E-state index contributed by atoms with van der Waals surface area (Å²) in [6.07, 6.45) is 7.54. The second kappa shape index (κ2) is 7.90. The van der Waals surface area contributed by atoms with Crippen molar-refractivity contribution >= 4 is 35.1 Å². The second-order valence-corrected chi connectivity index (χ2v) is 6.91. The van der Waals surface area contributed by atoms with Gasteiger partial charge in [0.1, 0.15) is 0 Å². The third kappa shape index (κ3) is 4.65. The van der Waals surface area contributed by atoms with Gasteiger partial charge in [-0.15, -0.1) is 0 Å². The molecule has 0 atom stereocenters. The number of hydrogen-bond donors (Lipinski definition) is 2. The Hall–Kier alpha value is -1.72. The molecular formula is C17H20Cl2N4O. The molecule has 0 radical (unpaired) electrons. The number of rotatable bonds is 4. The fraction of sp³-hybridized carbons (Fsp3) is 0.412. The normalized spacial score (nSPS) is 15.2. The van der Waals surface area contributed by atoms with Crippen LogP contribution in [0.15, 0.2) is 30.5 Å². The van der Waals surface area contributed by atoms with Gasteiger partial charge in [-0.05, 0) is 30.5 Å². The monoisotopic (exact) mass is 366 g/mol. The highest BCUT2D eigenvalue weighted by molar-refractivity contribution is 6.35. The molecule has 1 aliphatic carbocycles. The van der Waals surface area contributed by atoms with Crippen LogP contribution < -0.4 is 10.6 Å². The molecule has 1 saturated carbocycles. The van der Waals surface area contributed by atoms with Crippen molar-refractivity contribution in [1.29, 1.82) is 0 Å². The lowest BCUT2D eigenvalue weighted by Gasteiger charge is -2.22. The van der Waals surface area contributed by atoms with Gasteiger partial charge >= 0.3 is 6.03 Å². The first-order valence-electron chi connectivity index (χ1n) is 8.15. The van der Waals surface area contributed by atoms with Crippen LogP contribution in [0, 0.1) is 0 Å². The van der Waals surface area contributed by atoms with Crippen LogP contribution >= 0.6 is 23.2 Å². The van der Waals surface area contributed by atoms with Gasteiger partial charge in [-0.25, -0.2) is 4.79 Å². The number of aromatic nitrogens is 2. The molecule has 0 spiro atoms. The molecule has 5 nitrogen and oxygen atoms in total. The van der Waals surface area contributed by atoms with E-state index in [1.54, 1.807) is 29.1 Å². The van der Waals surface area contributed by atoms with Crippen LogP contribution in [-0.2, 0) is 6.54 Å². The van der Waals surface area contributed by atoms with E-state index >= 15 is 0 Å². The summed E-state index contributed by atoms with van der Waals surface area (Å²) in [6.45, 7) is 0.516. The summed E-state index contributed by atoms with van der Waals surface area (Å²) in [5, 5.41) is 11.3. The molecule has 3 rings (SSSR count). The van der Waals surface area contributed by atoms with Crippen molar-refractivity contribution in [3.05, 3.63) is 46.1 Å². The summed E-state index contributed by atoms with van der Waals surface area (Å²) >= 11 is 12.1. The van der Waals surface area contributed by atoms with E-state index in [0.717, 1.165) is 18.4 Å². The largest absolute Gasteiger partial charge is 0.335 e. The molecule has 7 heteroatoms. The first-order valence-corrected chi connectivity index (χ1v) is 8.90. The average Bonchev–Trinajstić information content (AvgIpc) is 2.98. The molecule has 1 aliphatic rings. The topological polar surface area (TPSA) is 59.0 Å². The van der Waals surface area contributed by atoms with Gasteiger partial charge in [0, 0.05) is 28.4 Å². The predicted octanol–water partition coefficient (Wildman–Crippen LogP) is 4.69. The molecule has 24 heavy (non-hydrogen) atoms. The van der Waals surface area contributed by atoms with Crippen molar-refractivity contribution in [2.45, 2.75) is 44.7 Å². The fourth-order valence-electron chi connectivity index (χ4n) is 2.93. The smallest absolute Gasteiger partial charge is 0.320 e. The van der Waals surface area contributed by atoms with Crippen molar-refractivity contribution in [3.63, 3.8) is 0 Å². The maximum Gasteiger partial charge on any atom is 0.320 e. The number of anilines is 1. The van der Waals surface area contributed by atoms with Crippen LogP contribution in [0.3, 0.4) is 0 Å². The minimum Gasteiger partial charge on any atom is -0.335 e. The lowest BCUT2D eigenvalue weighted by Crippen LogP contribution is -2.39. The van der Waals surface area contributed by atoms with Crippen LogP contribution in [0.25, 0.3) is 0 Å². The van der Waals surface area contributed by atoms with Crippen molar-refractivity contribution < 1.29 is 4.79 Å². The van der Waals surface area contributed by atoms with Crippen LogP contribution in [0.5, 0.6) is 0 Å². The van der Waals surface area contributed by atoms with Gasteiger partial charge in [0.2, 0.25) is 0 Å². The Bertz CT molecular complexity index is 710. The lowest BCUT2D eigenvalue weighted by molar-refractivity contribution is 0.244. The second-order valence-electron chi connectivity index (χ2n) is 6.07. The molecule has 2 amide bonds. The van der Waals surface area contributed by atoms with E-state index < -0.39 is 0 Å². The highest BCUT2D eigenvalue weighted by Gasteiger charge is 2.16. The van der Waals surface area contributed by atoms with Gasteiger partial charge in [0.15, 0.2) is 5.82 Å². The Morgan fingerprint density at radius 2 is 2.00 bits per heavy atom. The van der Waals surface area contributed by atoms with E-state index in [2.05, 4.69) is 15.7 Å². The first-order chi connectivity index (χ1) is 11.6. The number of carbonyl (C=O) groups excluding carboxylic acids is 1. The number of urea groups is 1. The van der Waals surface area contributed by atoms with E-state index in [1.165, 1.54) is 19.3 Å². The Balaban J connectivity index is 1.55. The number of nitrogens with zero attached hydrogens (tertiary/aromatic N) is 2. The zero-order chi connectivity index (χ0) is 16.9. The molecule has 0 bridgehead atoms. The van der Waals surface area contributed by atoms with Crippen molar-refractivity contribution in [2.75, 3.05) is 5.32 Å². The highest BCUT2D eigenvalue weighted by atomic mass is 35.5. The molecule has 1 heterocycles. The maximum atomic E-state index is 12.0. The zero-order valence-corrected chi connectivity index (χ0v) is 14.8. The van der Waals surface area contributed by atoms with Crippen molar-refractivity contribution in [2.24, 2.45) is 0 Å². The first kappa shape index (κ1) is 17.1. The number of benzene rings is 1. The Morgan fingerprint density at radius 1 is 1.21 bits per heavy atom. The van der Waals surface area contributed by atoms with Gasteiger partial charge in [0.25, 0.3) is 0 Å². The lowest BCUT2D eigenvalue weighted by atomic mass is 9.96. The molecule has 0 aliphatic heterocycles. The fourth-order valence-corrected chi connectivity index (χ4v) is 3.39. The van der Waals surface area contributed by atoms with E-state index in [4.69, 9.17) is 23.2 Å². The standard InChI is InChI=1S/C17H20Cl2N4O/c18-13-7-6-12(15(19)10-13)11-23-9-8-16(22-23)21-17(24)20-14-4-2-1-3-5-14/h6-10,14H,1-5,11H2,(H2,20,21,22,24). The Labute approximate surface area is 151 Å². The van der Waals surface area contributed by atoms with E-state index in [1.807, 2.05) is 6.07 Å². The number of halogens is 2. The molecule has 0 saturated heterocycles. The van der Waals surface area contributed by atoms with E-state index in [-0.39, 0.29) is 12.1 Å². The minimum absolute atomic E-state index is 0.198. The number of carbonyl (C=O) groups is 1. The summed E-state index contributed by atoms with van der Waals surface area (Å²) in [7, 11) is 0. The Kier molecular flexibility index (Phi) is 5.63.